The van der Waals surface area contributed by atoms with Crippen LogP contribution < -0.4 is 0 Å². The van der Waals surface area contributed by atoms with Gasteiger partial charge < -0.3 is 0 Å². The van der Waals surface area contributed by atoms with Crippen molar-refractivity contribution >= 4 is 11.3 Å². The van der Waals surface area contributed by atoms with Crippen molar-refractivity contribution in [3.8, 4) is 32.0 Å². The van der Waals surface area contributed by atoms with Crippen LogP contribution in [0.25, 0.3) is 32.0 Å². The van der Waals surface area contributed by atoms with E-state index in [2.05, 4.69) is 101 Å². The Balaban J connectivity index is 1.95. The molecule has 0 aliphatic rings. The third kappa shape index (κ3) is 3.55. The summed E-state index contributed by atoms with van der Waals surface area (Å²) in [5.41, 5.74) is 11.9. The van der Waals surface area contributed by atoms with Crippen molar-refractivity contribution in [2.24, 2.45) is 0 Å². The summed E-state index contributed by atoms with van der Waals surface area (Å²) >= 11 is 1.90. The van der Waals surface area contributed by atoms with E-state index in [0.717, 1.165) is 0 Å². The Kier molecular flexibility index (Phi) is 4.95. The van der Waals surface area contributed by atoms with E-state index in [4.69, 9.17) is 0 Å². The van der Waals surface area contributed by atoms with Gasteiger partial charge in [-0.25, -0.2) is 0 Å². The Morgan fingerprint density at radius 1 is 0.500 bits per heavy atom. The van der Waals surface area contributed by atoms with Crippen LogP contribution in [0.4, 0.5) is 0 Å². The minimum Gasteiger partial charge on any atom is -0.135 e. The molecule has 0 fully saturated rings. The van der Waals surface area contributed by atoms with Crippen LogP contribution in [-0.2, 0) is 0 Å². The topological polar surface area (TPSA) is 0 Å². The van der Waals surface area contributed by atoms with Gasteiger partial charge in [0.25, 0.3) is 0 Å². The zero-order chi connectivity index (χ0) is 19.8. The van der Waals surface area contributed by atoms with Gasteiger partial charge in [0.05, 0.1) is 0 Å². The molecule has 1 aromatic heterocycles. The molecule has 0 unspecified atom stereocenters. The zero-order valence-electron chi connectivity index (χ0n) is 17.3. The van der Waals surface area contributed by atoms with Gasteiger partial charge in [-0.1, -0.05) is 77.4 Å². The Morgan fingerprint density at radius 3 is 1.61 bits per heavy atom. The van der Waals surface area contributed by atoms with Gasteiger partial charge >= 0.3 is 0 Å². The lowest BCUT2D eigenvalue weighted by Crippen LogP contribution is -1.85. The van der Waals surface area contributed by atoms with Gasteiger partial charge in [-0.2, -0.15) is 0 Å². The van der Waals surface area contributed by atoms with E-state index in [1.165, 1.54) is 59.8 Å². The molecular weight excluding hydrogens is 356 g/mol. The molecule has 0 nitrogen and oxygen atoms in total. The molecule has 4 aromatic rings. The molecule has 0 spiro atoms. The van der Waals surface area contributed by atoms with Gasteiger partial charge in [0.2, 0.25) is 0 Å². The molecule has 0 aliphatic carbocycles. The van der Waals surface area contributed by atoms with Gasteiger partial charge in [0.1, 0.15) is 0 Å². The second kappa shape index (κ2) is 7.41. The molecule has 140 valence electrons. The summed E-state index contributed by atoms with van der Waals surface area (Å²) in [6.07, 6.45) is 0. The molecule has 1 heteroatoms. The van der Waals surface area contributed by atoms with Crippen molar-refractivity contribution < 1.29 is 0 Å². The van der Waals surface area contributed by atoms with E-state index in [0.29, 0.717) is 0 Å². The second-order valence-corrected chi connectivity index (χ2v) is 8.91. The highest BCUT2D eigenvalue weighted by Gasteiger charge is 2.16. The van der Waals surface area contributed by atoms with Crippen LogP contribution in [0.5, 0.6) is 0 Å². The lowest BCUT2D eigenvalue weighted by atomic mass is 9.95. The maximum absolute atomic E-state index is 2.38. The fraction of sp³-hybridized carbons (Fsp3) is 0.185. The number of hydrogen-bond acceptors (Lipinski definition) is 1. The molecule has 3 aromatic carbocycles. The fourth-order valence-electron chi connectivity index (χ4n) is 3.85. The Bertz CT molecular complexity index is 1140. The van der Waals surface area contributed by atoms with Crippen LogP contribution in [0.15, 0.2) is 66.7 Å². The van der Waals surface area contributed by atoms with E-state index >= 15 is 0 Å². The Morgan fingerprint density at radius 2 is 1.04 bits per heavy atom. The Hall–Kier alpha value is -2.64. The number of benzene rings is 3. The lowest BCUT2D eigenvalue weighted by molar-refractivity contribution is 1.38. The van der Waals surface area contributed by atoms with Crippen molar-refractivity contribution in [2.45, 2.75) is 34.6 Å². The molecule has 0 N–H and O–H groups in total. The fourth-order valence-corrected chi connectivity index (χ4v) is 5.12. The van der Waals surface area contributed by atoms with Crippen molar-refractivity contribution in [2.75, 3.05) is 0 Å². The average Bonchev–Trinajstić information content (AvgIpc) is 3.07. The molecule has 0 radical (unpaired) electrons. The Labute approximate surface area is 172 Å². The molecule has 0 aliphatic heterocycles. The average molecular weight is 383 g/mol. The van der Waals surface area contributed by atoms with Crippen LogP contribution in [0.2, 0.25) is 0 Å². The predicted octanol–water partition coefficient (Wildman–Crippen LogP) is 8.29. The minimum atomic E-state index is 1.29. The maximum Gasteiger partial charge on any atom is 0.0427 e. The van der Waals surface area contributed by atoms with Gasteiger partial charge in [0, 0.05) is 15.3 Å². The molecular formula is C27H26S. The molecule has 0 bridgehead atoms. The van der Waals surface area contributed by atoms with E-state index in [9.17, 15) is 0 Å². The van der Waals surface area contributed by atoms with Gasteiger partial charge in [-0.05, 0) is 68.5 Å². The summed E-state index contributed by atoms with van der Waals surface area (Å²) < 4.78 is 0. The first kappa shape index (κ1) is 18.7. The molecule has 0 atom stereocenters. The SMILES string of the molecule is Cc1ccc(-c2sc(-c3ccc(C)cc3C)cc2-c2ccc(C)cc2C)cc1. The van der Waals surface area contributed by atoms with Crippen molar-refractivity contribution in [1.82, 2.24) is 0 Å². The first-order valence-electron chi connectivity index (χ1n) is 9.78. The van der Waals surface area contributed by atoms with Crippen molar-refractivity contribution in [1.29, 1.82) is 0 Å². The smallest absolute Gasteiger partial charge is 0.0427 e. The van der Waals surface area contributed by atoms with E-state index < -0.39 is 0 Å². The number of rotatable bonds is 3. The van der Waals surface area contributed by atoms with Crippen LogP contribution >= 0.6 is 11.3 Å². The molecule has 0 saturated carbocycles. The van der Waals surface area contributed by atoms with Crippen LogP contribution in [0.1, 0.15) is 27.8 Å². The van der Waals surface area contributed by atoms with Crippen LogP contribution in [0.3, 0.4) is 0 Å². The first-order valence-corrected chi connectivity index (χ1v) is 10.6. The monoisotopic (exact) mass is 382 g/mol. The van der Waals surface area contributed by atoms with Crippen molar-refractivity contribution in [3.63, 3.8) is 0 Å². The predicted molar refractivity (Wildman–Crippen MR) is 124 cm³/mol. The summed E-state index contributed by atoms with van der Waals surface area (Å²) in [5.74, 6) is 0. The first-order chi connectivity index (χ1) is 13.4. The van der Waals surface area contributed by atoms with Gasteiger partial charge in [-0.15, -0.1) is 11.3 Å². The van der Waals surface area contributed by atoms with Crippen molar-refractivity contribution in [3.05, 3.63) is 94.5 Å². The van der Waals surface area contributed by atoms with Gasteiger partial charge in [-0.3, -0.25) is 0 Å². The normalized spacial score (nSPS) is 11.0. The standard InChI is InChI=1S/C27H26S/c1-17-6-10-22(11-7-17)27-25(23-12-8-18(2)14-20(23)4)16-26(28-27)24-13-9-19(3)15-21(24)5/h6-16H,1-5H3. The summed E-state index contributed by atoms with van der Waals surface area (Å²) in [5, 5.41) is 0. The largest absolute Gasteiger partial charge is 0.135 e. The maximum atomic E-state index is 2.38. The third-order valence-electron chi connectivity index (χ3n) is 5.37. The molecule has 1 heterocycles. The quantitative estimate of drug-likeness (QED) is 0.334. The highest BCUT2D eigenvalue weighted by atomic mass is 32.1. The molecule has 0 amide bonds. The summed E-state index contributed by atoms with van der Waals surface area (Å²) in [7, 11) is 0. The van der Waals surface area contributed by atoms with E-state index in [1.54, 1.807) is 0 Å². The van der Waals surface area contributed by atoms with Crippen LogP contribution in [0, 0.1) is 34.6 Å². The van der Waals surface area contributed by atoms with E-state index in [-0.39, 0.29) is 0 Å². The number of thiophene rings is 1. The number of hydrogen-bond donors (Lipinski definition) is 0. The van der Waals surface area contributed by atoms with E-state index in [1.807, 2.05) is 11.3 Å². The highest BCUT2D eigenvalue weighted by Crippen LogP contribution is 2.45. The minimum absolute atomic E-state index is 1.29. The molecule has 0 saturated heterocycles. The zero-order valence-corrected chi connectivity index (χ0v) is 18.1. The van der Waals surface area contributed by atoms with Gasteiger partial charge in [0.15, 0.2) is 0 Å². The molecule has 28 heavy (non-hydrogen) atoms. The lowest BCUT2D eigenvalue weighted by Gasteiger charge is -2.09. The summed E-state index contributed by atoms with van der Waals surface area (Å²) in [6, 6.07) is 24.8. The third-order valence-corrected chi connectivity index (χ3v) is 6.58. The summed E-state index contributed by atoms with van der Waals surface area (Å²) in [4.78, 5) is 2.69. The highest BCUT2D eigenvalue weighted by molar-refractivity contribution is 7.19. The second-order valence-electron chi connectivity index (χ2n) is 7.86. The van der Waals surface area contributed by atoms with Crippen LogP contribution in [-0.4, -0.2) is 0 Å². The summed E-state index contributed by atoms with van der Waals surface area (Å²) in [6.45, 7) is 10.9. The number of aryl methyl sites for hydroxylation is 5. The molecule has 4 rings (SSSR count).